The number of fused-ring (bicyclic) bond motifs is 1. The molecule has 0 fully saturated rings. The van der Waals surface area contributed by atoms with E-state index in [9.17, 15) is 4.79 Å². The van der Waals surface area contributed by atoms with E-state index in [1.54, 1.807) is 38.4 Å². The highest BCUT2D eigenvalue weighted by Crippen LogP contribution is 2.27. The van der Waals surface area contributed by atoms with Gasteiger partial charge >= 0.3 is 0 Å². The number of rotatable bonds is 3. The van der Waals surface area contributed by atoms with Crippen molar-refractivity contribution in [2.75, 3.05) is 6.61 Å². The van der Waals surface area contributed by atoms with Crippen molar-refractivity contribution >= 4 is 34.3 Å². The molecule has 0 saturated heterocycles. The molecular formula is C17H15ClN4O2. The number of hydrogen-bond donors (Lipinski definition) is 1. The number of nitrogens with zero attached hydrogens (tertiary/aromatic N) is 4. The van der Waals surface area contributed by atoms with Gasteiger partial charge in [0.2, 0.25) is 0 Å². The Morgan fingerprint density at radius 3 is 2.79 bits per heavy atom. The molecule has 2 aromatic heterocycles. The van der Waals surface area contributed by atoms with Gasteiger partial charge in [-0.3, -0.25) is 9.36 Å². The number of aromatic nitrogens is 3. The Hall–Kier alpha value is -2.57. The van der Waals surface area contributed by atoms with Gasteiger partial charge in [0.1, 0.15) is 5.65 Å². The molecule has 1 aromatic carbocycles. The molecule has 122 valence electrons. The molecule has 2 heterocycles. The molecule has 0 amide bonds. The van der Waals surface area contributed by atoms with E-state index in [1.807, 2.05) is 12.1 Å². The van der Waals surface area contributed by atoms with Crippen molar-refractivity contribution in [1.29, 1.82) is 0 Å². The van der Waals surface area contributed by atoms with Crippen LogP contribution in [0, 0.1) is 0 Å². The van der Waals surface area contributed by atoms with Gasteiger partial charge in [-0.25, -0.2) is 9.98 Å². The Bertz CT molecular complexity index is 1010. The van der Waals surface area contributed by atoms with Gasteiger partial charge < -0.3 is 5.11 Å². The molecule has 24 heavy (non-hydrogen) atoms. The third-order valence-electron chi connectivity index (χ3n) is 3.62. The zero-order chi connectivity index (χ0) is 17.3. The van der Waals surface area contributed by atoms with Crippen molar-refractivity contribution < 1.29 is 5.11 Å². The average Bonchev–Trinajstić information content (AvgIpc) is 2.59. The molecule has 0 saturated carbocycles. The Balaban J connectivity index is 2.24. The van der Waals surface area contributed by atoms with Gasteiger partial charge in [-0.15, -0.1) is 0 Å². The summed E-state index contributed by atoms with van der Waals surface area (Å²) in [6, 6.07) is 8.91. The molecule has 0 bridgehead atoms. The van der Waals surface area contributed by atoms with Gasteiger partial charge in [0.15, 0.2) is 0 Å². The van der Waals surface area contributed by atoms with Crippen LogP contribution in [-0.4, -0.2) is 32.0 Å². The van der Waals surface area contributed by atoms with Crippen molar-refractivity contribution in [2.45, 2.75) is 6.92 Å². The molecule has 0 radical (unpaired) electrons. The number of aryl methyl sites for hydroxylation is 1. The Labute approximate surface area is 143 Å². The first kappa shape index (κ1) is 16.3. The topological polar surface area (TPSA) is 80.4 Å². The molecule has 3 rings (SSSR count). The first-order chi connectivity index (χ1) is 11.5. The number of aliphatic hydroxyl groups excluding tert-OH is 1. The lowest BCUT2D eigenvalue weighted by atomic mass is 10.1. The second-order valence-corrected chi connectivity index (χ2v) is 5.76. The lowest BCUT2D eigenvalue weighted by molar-refractivity contribution is 0.357. The van der Waals surface area contributed by atoms with Gasteiger partial charge in [0.05, 0.1) is 6.61 Å². The van der Waals surface area contributed by atoms with E-state index in [0.717, 1.165) is 0 Å². The maximum atomic E-state index is 12.7. The summed E-state index contributed by atoms with van der Waals surface area (Å²) in [4.78, 5) is 25.3. The van der Waals surface area contributed by atoms with Crippen LogP contribution < -0.4 is 5.56 Å². The molecular weight excluding hydrogens is 328 g/mol. The van der Waals surface area contributed by atoms with Crippen molar-refractivity contribution in [3.05, 3.63) is 51.9 Å². The highest BCUT2D eigenvalue weighted by Gasteiger charge is 2.13. The molecule has 0 unspecified atom stereocenters. The largest absolute Gasteiger partial charge is 0.390 e. The van der Waals surface area contributed by atoms with Crippen molar-refractivity contribution in [1.82, 2.24) is 14.5 Å². The van der Waals surface area contributed by atoms with Crippen LogP contribution in [0.25, 0.3) is 22.2 Å². The molecule has 1 N–H and O–H groups in total. The number of hydrogen-bond acceptors (Lipinski definition) is 5. The molecule has 0 aliphatic heterocycles. The van der Waals surface area contributed by atoms with Crippen LogP contribution in [0.15, 0.2) is 46.3 Å². The fourth-order valence-corrected chi connectivity index (χ4v) is 2.61. The van der Waals surface area contributed by atoms with E-state index in [0.29, 0.717) is 32.9 Å². The zero-order valence-corrected chi connectivity index (χ0v) is 13.9. The van der Waals surface area contributed by atoms with Crippen molar-refractivity contribution in [2.24, 2.45) is 12.0 Å². The predicted octanol–water partition coefficient (Wildman–Crippen LogP) is 2.73. The van der Waals surface area contributed by atoms with E-state index in [-0.39, 0.29) is 18.1 Å². The van der Waals surface area contributed by atoms with E-state index in [1.165, 1.54) is 4.57 Å². The number of pyridine rings is 1. The lowest BCUT2D eigenvalue weighted by Gasteiger charge is -2.09. The van der Waals surface area contributed by atoms with Crippen LogP contribution >= 0.6 is 11.6 Å². The minimum absolute atomic E-state index is 0.175. The van der Waals surface area contributed by atoms with Gasteiger partial charge in [-0.1, -0.05) is 29.8 Å². The van der Waals surface area contributed by atoms with Gasteiger partial charge in [0, 0.05) is 40.5 Å². The molecule has 0 aliphatic rings. The summed E-state index contributed by atoms with van der Waals surface area (Å²) in [6.07, 6.45) is 1.60. The summed E-state index contributed by atoms with van der Waals surface area (Å²) in [7, 11) is 1.64. The number of halogens is 1. The minimum Gasteiger partial charge on any atom is -0.390 e. The average molecular weight is 343 g/mol. The van der Waals surface area contributed by atoms with Gasteiger partial charge in [-0.05, 0) is 19.1 Å². The third-order valence-corrected chi connectivity index (χ3v) is 3.95. The summed E-state index contributed by atoms with van der Waals surface area (Å²) >= 11 is 6.21. The fraction of sp³-hybridized carbons (Fsp3) is 0.176. The van der Waals surface area contributed by atoms with E-state index in [4.69, 9.17) is 16.7 Å². The van der Waals surface area contributed by atoms with Crippen molar-refractivity contribution in [3.63, 3.8) is 0 Å². The molecule has 3 aromatic rings. The second-order valence-electron chi connectivity index (χ2n) is 5.36. The minimum atomic E-state index is -0.205. The molecule has 6 nitrogen and oxygen atoms in total. The predicted molar refractivity (Wildman–Crippen MR) is 95.1 cm³/mol. The second kappa shape index (κ2) is 6.51. The van der Waals surface area contributed by atoms with Gasteiger partial charge in [-0.2, -0.15) is 4.98 Å². The first-order valence-electron chi connectivity index (χ1n) is 7.28. The van der Waals surface area contributed by atoms with Crippen LogP contribution in [0.2, 0.25) is 5.02 Å². The molecule has 0 atom stereocenters. The van der Waals surface area contributed by atoms with Crippen LogP contribution in [0.3, 0.4) is 0 Å². The van der Waals surface area contributed by atoms with Crippen molar-refractivity contribution in [3.8, 4) is 11.1 Å². The number of aliphatic hydroxyl groups is 1. The first-order valence-corrected chi connectivity index (χ1v) is 7.65. The number of aliphatic imine (C=N–C) groups is 1. The lowest BCUT2D eigenvalue weighted by Crippen LogP contribution is -2.20. The summed E-state index contributed by atoms with van der Waals surface area (Å²) in [6.45, 7) is 1.50. The maximum Gasteiger partial charge on any atom is 0.259 e. The van der Waals surface area contributed by atoms with E-state index < -0.39 is 0 Å². The smallest absolute Gasteiger partial charge is 0.259 e. The molecule has 7 heteroatoms. The Morgan fingerprint density at radius 1 is 1.33 bits per heavy atom. The highest BCUT2D eigenvalue weighted by atomic mass is 35.5. The van der Waals surface area contributed by atoms with Crippen LogP contribution in [0.4, 0.5) is 5.95 Å². The van der Waals surface area contributed by atoms with Gasteiger partial charge in [0.25, 0.3) is 11.5 Å². The monoisotopic (exact) mass is 342 g/mol. The summed E-state index contributed by atoms with van der Waals surface area (Å²) in [5.74, 6) is 0.203. The summed E-state index contributed by atoms with van der Waals surface area (Å²) in [5, 5.41) is 10.3. The van der Waals surface area contributed by atoms with E-state index >= 15 is 0 Å². The van der Waals surface area contributed by atoms with Crippen LogP contribution in [0.1, 0.15) is 6.92 Å². The quantitative estimate of drug-likeness (QED) is 0.742. The van der Waals surface area contributed by atoms with E-state index in [2.05, 4.69) is 15.0 Å². The zero-order valence-electron chi connectivity index (χ0n) is 13.2. The SMILES string of the molecule is C/C(CO)=N\c1ncc2cc(-c3ccccc3Cl)c(=O)n(C)c2n1. The maximum absolute atomic E-state index is 12.7. The van der Waals surface area contributed by atoms with Crippen LogP contribution in [0.5, 0.6) is 0 Å². The number of benzene rings is 1. The van der Waals surface area contributed by atoms with Crippen LogP contribution in [-0.2, 0) is 7.05 Å². The third kappa shape index (κ3) is 2.93. The summed E-state index contributed by atoms with van der Waals surface area (Å²) in [5.41, 5.74) is 1.91. The molecule has 0 spiro atoms. The Morgan fingerprint density at radius 2 is 2.08 bits per heavy atom. The Kier molecular flexibility index (Phi) is 4.42. The standard InChI is InChI=1S/C17H15ClN4O2/c1-10(9-23)20-17-19-8-11-7-13(12-5-3-4-6-14(12)18)16(24)22(2)15(11)21-17/h3-8,23H,9H2,1-2H3/b20-10+. The summed E-state index contributed by atoms with van der Waals surface area (Å²) < 4.78 is 1.45. The highest BCUT2D eigenvalue weighted by molar-refractivity contribution is 6.33. The molecule has 0 aliphatic carbocycles. The normalized spacial score (nSPS) is 11.9. The fourth-order valence-electron chi connectivity index (χ4n) is 2.37.